The normalized spacial score (nSPS) is 11.0. The largest absolute Gasteiger partial charge is 0.383 e. The van der Waals surface area contributed by atoms with E-state index in [9.17, 15) is 0 Å². The molecule has 3 aromatic rings. The number of nitrogens with two attached hydrogens (primary N) is 1. The Kier molecular flexibility index (Phi) is 3.08. The van der Waals surface area contributed by atoms with Crippen LogP contribution in [-0.2, 0) is 6.54 Å². The molecule has 2 heterocycles. The summed E-state index contributed by atoms with van der Waals surface area (Å²) in [6.07, 6.45) is 3.81. The third-order valence-corrected chi connectivity index (χ3v) is 3.35. The second-order valence-corrected chi connectivity index (χ2v) is 4.92. The lowest BCUT2D eigenvalue weighted by atomic mass is 10.2. The monoisotopic (exact) mass is 271 g/mol. The van der Waals surface area contributed by atoms with Gasteiger partial charge in [-0.2, -0.15) is 5.10 Å². The van der Waals surface area contributed by atoms with E-state index >= 15 is 0 Å². The van der Waals surface area contributed by atoms with Crippen LogP contribution in [0.1, 0.15) is 5.56 Å². The number of hydrogen-bond donors (Lipinski definition) is 1. The number of nitrogen functional groups attached to an aromatic ring is 1. The summed E-state index contributed by atoms with van der Waals surface area (Å²) in [5.41, 5.74) is 7.75. The maximum Gasteiger partial charge on any atom is 0.191 e. The van der Waals surface area contributed by atoms with Crippen LogP contribution in [0, 0.1) is 0 Å². The van der Waals surface area contributed by atoms with Gasteiger partial charge in [-0.1, -0.05) is 42.1 Å². The lowest BCUT2D eigenvalue weighted by molar-refractivity contribution is 0.692. The van der Waals surface area contributed by atoms with E-state index in [0.717, 1.165) is 5.39 Å². The predicted molar refractivity (Wildman–Crippen MR) is 77.1 cm³/mol. The Balaban J connectivity index is 2.00. The number of fused-ring (bicyclic) bond motifs is 1. The van der Waals surface area contributed by atoms with Gasteiger partial charge < -0.3 is 5.73 Å². The summed E-state index contributed by atoms with van der Waals surface area (Å²) < 4.78 is 1.84. The van der Waals surface area contributed by atoms with Crippen molar-refractivity contribution >= 4 is 28.6 Å². The molecular formula is C13H13N5S. The summed E-state index contributed by atoms with van der Waals surface area (Å²) in [5, 5.41) is 5.90. The average Bonchev–Trinajstić information content (AvgIpc) is 2.83. The van der Waals surface area contributed by atoms with Crippen molar-refractivity contribution in [3.05, 3.63) is 42.1 Å². The van der Waals surface area contributed by atoms with Crippen LogP contribution < -0.4 is 5.73 Å². The van der Waals surface area contributed by atoms with Gasteiger partial charge in [0.2, 0.25) is 0 Å². The van der Waals surface area contributed by atoms with Gasteiger partial charge in [0, 0.05) is 6.20 Å². The molecule has 6 heteroatoms. The quantitative estimate of drug-likeness (QED) is 0.584. The molecule has 0 radical (unpaired) electrons. The van der Waals surface area contributed by atoms with Gasteiger partial charge >= 0.3 is 0 Å². The van der Waals surface area contributed by atoms with Gasteiger partial charge in [-0.25, -0.2) is 9.97 Å². The first-order valence-corrected chi connectivity index (χ1v) is 7.07. The van der Waals surface area contributed by atoms with Gasteiger partial charge in [0.05, 0.1) is 11.9 Å². The van der Waals surface area contributed by atoms with E-state index in [2.05, 4.69) is 27.2 Å². The molecule has 0 unspecified atom stereocenters. The van der Waals surface area contributed by atoms with Crippen LogP contribution in [0.4, 0.5) is 5.82 Å². The highest BCUT2D eigenvalue weighted by Crippen LogP contribution is 2.20. The van der Waals surface area contributed by atoms with Crippen LogP contribution in [0.25, 0.3) is 11.0 Å². The van der Waals surface area contributed by atoms with E-state index in [1.54, 1.807) is 0 Å². The van der Waals surface area contributed by atoms with Crippen molar-refractivity contribution in [3.63, 3.8) is 0 Å². The molecule has 96 valence electrons. The summed E-state index contributed by atoms with van der Waals surface area (Å²) in [4.78, 5) is 8.57. The van der Waals surface area contributed by atoms with E-state index in [1.807, 2.05) is 35.3 Å². The van der Waals surface area contributed by atoms with Crippen molar-refractivity contribution in [1.29, 1.82) is 0 Å². The highest BCUT2D eigenvalue weighted by atomic mass is 32.2. The smallest absolute Gasteiger partial charge is 0.191 e. The Hall–Kier alpha value is -2.08. The van der Waals surface area contributed by atoms with E-state index in [4.69, 9.17) is 5.73 Å². The van der Waals surface area contributed by atoms with Gasteiger partial charge in [0.25, 0.3) is 0 Å². The standard InChI is InChI=1S/C13H13N5S/c1-19-13-15-11(14)10-8-18(17-12(10)16-13)7-9-5-3-2-4-6-9/h2-6,8H,7H2,1H3,(H2,14,15,16,17). The Morgan fingerprint density at radius 1 is 1.21 bits per heavy atom. The van der Waals surface area contributed by atoms with E-state index in [-0.39, 0.29) is 0 Å². The molecule has 0 aliphatic carbocycles. The van der Waals surface area contributed by atoms with Crippen LogP contribution in [0.3, 0.4) is 0 Å². The molecule has 0 aliphatic heterocycles. The molecule has 1 aromatic carbocycles. The molecule has 0 atom stereocenters. The number of benzene rings is 1. The predicted octanol–water partition coefficient (Wildman–Crippen LogP) is 2.18. The number of hydrogen-bond acceptors (Lipinski definition) is 5. The van der Waals surface area contributed by atoms with Gasteiger partial charge in [0.15, 0.2) is 10.8 Å². The number of thioether (sulfide) groups is 1. The van der Waals surface area contributed by atoms with Crippen molar-refractivity contribution in [1.82, 2.24) is 19.7 Å². The second kappa shape index (κ2) is 4.89. The summed E-state index contributed by atoms with van der Waals surface area (Å²) in [5.74, 6) is 0.480. The molecule has 2 N–H and O–H groups in total. The maximum absolute atomic E-state index is 5.92. The Morgan fingerprint density at radius 3 is 2.74 bits per heavy atom. The molecular weight excluding hydrogens is 258 g/mol. The maximum atomic E-state index is 5.92. The SMILES string of the molecule is CSc1nc(N)c2cn(Cc3ccccc3)nc2n1. The summed E-state index contributed by atoms with van der Waals surface area (Å²) in [7, 11) is 0. The van der Waals surface area contributed by atoms with Crippen LogP contribution in [0.2, 0.25) is 0 Å². The number of rotatable bonds is 3. The molecule has 0 bridgehead atoms. The third-order valence-electron chi connectivity index (χ3n) is 2.81. The summed E-state index contributed by atoms with van der Waals surface area (Å²) >= 11 is 1.46. The van der Waals surface area contributed by atoms with Crippen molar-refractivity contribution in [2.75, 3.05) is 12.0 Å². The fourth-order valence-electron chi connectivity index (χ4n) is 1.90. The molecule has 0 saturated heterocycles. The van der Waals surface area contributed by atoms with Crippen molar-refractivity contribution in [2.45, 2.75) is 11.7 Å². The van der Waals surface area contributed by atoms with Crippen molar-refractivity contribution < 1.29 is 0 Å². The van der Waals surface area contributed by atoms with Crippen LogP contribution in [-0.4, -0.2) is 26.0 Å². The molecule has 5 nitrogen and oxygen atoms in total. The molecule has 0 fully saturated rings. The molecule has 2 aromatic heterocycles. The van der Waals surface area contributed by atoms with E-state index < -0.39 is 0 Å². The number of aromatic nitrogens is 4. The van der Waals surface area contributed by atoms with Crippen LogP contribution in [0.15, 0.2) is 41.7 Å². The van der Waals surface area contributed by atoms with Gasteiger partial charge in [-0.3, -0.25) is 4.68 Å². The Bertz CT molecular complexity index is 708. The highest BCUT2D eigenvalue weighted by molar-refractivity contribution is 7.98. The minimum Gasteiger partial charge on any atom is -0.383 e. The van der Waals surface area contributed by atoms with Gasteiger partial charge in [-0.05, 0) is 11.8 Å². The number of nitrogens with zero attached hydrogens (tertiary/aromatic N) is 4. The first-order chi connectivity index (χ1) is 9.26. The van der Waals surface area contributed by atoms with Gasteiger partial charge in [-0.15, -0.1) is 0 Å². The number of anilines is 1. The lowest BCUT2D eigenvalue weighted by Gasteiger charge is -1.99. The third kappa shape index (κ3) is 2.39. The van der Waals surface area contributed by atoms with Crippen LogP contribution in [0.5, 0.6) is 0 Å². The van der Waals surface area contributed by atoms with Crippen LogP contribution >= 0.6 is 11.8 Å². The molecule has 0 amide bonds. The van der Waals surface area contributed by atoms with Gasteiger partial charge in [0.1, 0.15) is 5.82 Å². The van der Waals surface area contributed by atoms with E-state index in [0.29, 0.717) is 23.2 Å². The second-order valence-electron chi connectivity index (χ2n) is 4.15. The first-order valence-electron chi connectivity index (χ1n) is 5.85. The fraction of sp³-hybridized carbons (Fsp3) is 0.154. The zero-order chi connectivity index (χ0) is 13.2. The average molecular weight is 271 g/mol. The van der Waals surface area contributed by atoms with Crippen molar-refractivity contribution in [3.8, 4) is 0 Å². The summed E-state index contributed by atoms with van der Waals surface area (Å²) in [6, 6.07) is 10.2. The topological polar surface area (TPSA) is 69.6 Å². The molecule has 0 saturated carbocycles. The minimum absolute atomic E-state index is 0.480. The lowest BCUT2D eigenvalue weighted by Crippen LogP contribution is -1.99. The molecule has 0 aliphatic rings. The van der Waals surface area contributed by atoms with Crippen molar-refractivity contribution in [2.24, 2.45) is 0 Å². The molecule has 3 rings (SSSR count). The fourth-order valence-corrected chi connectivity index (χ4v) is 2.26. The molecule has 0 spiro atoms. The Morgan fingerprint density at radius 2 is 2.00 bits per heavy atom. The van der Waals surface area contributed by atoms with E-state index in [1.165, 1.54) is 17.3 Å². The highest BCUT2D eigenvalue weighted by Gasteiger charge is 2.09. The minimum atomic E-state index is 0.480. The zero-order valence-electron chi connectivity index (χ0n) is 10.4. The summed E-state index contributed by atoms with van der Waals surface area (Å²) in [6.45, 7) is 0.700. The zero-order valence-corrected chi connectivity index (χ0v) is 11.3. The Labute approximate surface area is 114 Å². The molecule has 19 heavy (non-hydrogen) atoms. The first kappa shape index (κ1) is 12.0.